The Morgan fingerprint density at radius 2 is 1.57 bits per heavy atom. The van der Waals surface area contributed by atoms with Gasteiger partial charge in [-0.25, -0.2) is 0 Å². The third-order valence-corrected chi connectivity index (χ3v) is 4.50. The monoisotopic (exact) mass is 496 g/mol. The van der Waals surface area contributed by atoms with Gasteiger partial charge in [-0.1, -0.05) is 62.4 Å². The van der Waals surface area contributed by atoms with E-state index in [-0.39, 0.29) is 24.0 Å². The zero-order chi connectivity index (χ0) is 19.3. The van der Waals surface area contributed by atoms with E-state index in [1.165, 1.54) is 5.56 Å². The van der Waals surface area contributed by atoms with E-state index in [4.69, 9.17) is 4.74 Å². The van der Waals surface area contributed by atoms with E-state index >= 15 is 0 Å². The predicted molar refractivity (Wildman–Crippen MR) is 129 cm³/mol. The van der Waals surface area contributed by atoms with Crippen molar-refractivity contribution in [3.63, 3.8) is 0 Å². The highest BCUT2D eigenvalue weighted by atomic mass is 127. The lowest BCUT2D eigenvalue weighted by atomic mass is 10.2. The highest BCUT2D eigenvalue weighted by Gasteiger charge is 2.06. The molecule has 0 aliphatic heterocycles. The molecular weight excluding hydrogens is 463 g/mol. The van der Waals surface area contributed by atoms with E-state index in [9.17, 15) is 0 Å². The molecule has 0 radical (unpaired) electrons. The zero-order valence-electron chi connectivity index (χ0n) is 17.1. The standard InChI is InChI=1S/C22H32N4O.HI/c1-4-26(5-2)15-16-27-21-14-10-9-13-20(21)18-25-22(23-3)24-17-19-11-7-6-8-12-19;/h6-14H,4-5,15-18H2,1-3H3,(H2,23,24,25);1H. The molecule has 0 fully saturated rings. The number of rotatable bonds is 10. The molecule has 0 aromatic heterocycles. The van der Waals surface area contributed by atoms with Gasteiger partial charge in [0.25, 0.3) is 0 Å². The first-order chi connectivity index (χ1) is 13.3. The number of hydrogen-bond acceptors (Lipinski definition) is 3. The molecule has 0 aliphatic rings. The number of guanidine groups is 1. The Bertz CT molecular complexity index is 690. The van der Waals surface area contributed by atoms with Crippen LogP contribution in [0, 0.1) is 0 Å². The number of ether oxygens (including phenoxy) is 1. The van der Waals surface area contributed by atoms with Crippen molar-refractivity contribution in [3.05, 3.63) is 65.7 Å². The third kappa shape index (κ3) is 8.48. The first-order valence-corrected chi connectivity index (χ1v) is 9.68. The molecule has 0 saturated carbocycles. The van der Waals surface area contributed by atoms with Crippen molar-refractivity contribution in [2.75, 3.05) is 33.3 Å². The number of nitrogens with zero attached hydrogens (tertiary/aromatic N) is 2. The summed E-state index contributed by atoms with van der Waals surface area (Å²) in [5.41, 5.74) is 2.35. The molecule has 28 heavy (non-hydrogen) atoms. The molecule has 0 aliphatic carbocycles. The summed E-state index contributed by atoms with van der Waals surface area (Å²) < 4.78 is 6.02. The van der Waals surface area contributed by atoms with Crippen LogP contribution in [0.3, 0.4) is 0 Å². The summed E-state index contributed by atoms with van der Waals surface area (Å²) in [6, 6.07) is 18.5. The fourth-order valence-corrected chi connectivity index (χ4v) is 2.80. The Hall–Kier alpha value is -1.80. The Morgan fingerprint density at radius 3 is 2.25 bits per heavy atom. The molecule has 5 nitrogen and oxygen atoms in total. The van der Waals surface area contributed by atoms with Gasteiger partial charge in [-0.15, -0.1) is 24.0 Å². The van der Waals surface area contributed by atoms with Gasteiger partial charge in [-0.3, -0.25) is 4.99 Å². The summed E-state index contributed by atoms with van der Waals surface area (Å²) >= 11 is 0. The van der Waals surface area contributed by atoms with Crippen LogP contribution in [0.1, 0.15) is 25.0 Å². The normalized spacial score (nSPS) is 11.1. The second-order valence-electron chi connectivity index (χ2n) is 6.25. The highest BCUT2D eigenvalue weighted by molar-refractivity contribution is 14.0. The Balaban J connectivity index is 0.00000392. The lowest BCUT2D eigenvalue weighted by molar-refractivity contribution is 0.221. The van der Waals surface area contributed by atoms with Crippen molar-refractivity contribution in [1.29, 1.82) is 0 Å². The molecular formula is C22H33IN4O. The molecule has 6 heteroatoms. The average molecular weight is 496 g/mol. The molecule has 0 unspecified atom stereocenters. The van der Waals surface area contributed by atoms with Crippen molar-refractivity contribution < 1.29 is 4.74 Å². The number of para-hydroxylation sites is 1. The summed E-state index contributed by atoms with van der Waals surface area (Å²) in [7, 11) is 1.78. The van der Waals surface area contributed by atoms with Gasteiger partial charge >= 0.3 is 0 Å². The number of likely N-dealkylation sites (N-methyl/N-ethyl adjacent to an activating group) is 1. The Morgan fingerprint density at radius 1 is 0.929 bits per heavy atom. The van der Waals surface area contributed by atoms with Gasteiger partial charge in [0.15, 0.2) is 5.96 Å². The molecule has 0 amide bonds. The highest BCUT2D eigenvalue weighted by Crippen LogP contribution is 2.17. The van der Waals surface area contributed by atoms with Crippen molar-refractivity contribution in [1.82, 2.24) is 15.5 Å². The van der Waals surface area contributed by atoms with Gasteiger partial charge in [0, 0.05) is 32.2 Å². The molecule has 154 valence electrons. The zero-order valence-corrected chi connectivity index (χ0v) is 19.5. The van der Waals surface area contributed by atoms with Crippen LogP contribution in [0.5, 0.6) is 5.75 Å². The molecule has 2 N–H and O–H groups in total. The van der Waals surface area contributed by atoms with E-state index in [1.807, 2.05) is 36.4 Å². The molecule has 0 atom stereocenters. The Labute approximate surface area is 186 Å². The van der Waals surface area contributed by atoms with Crippen LogP contribution in [-0.2, 0) is 13.1 Å². The van der Waals surface area contributed by atoms with E-state index in [2.05, 4.69) is 52.6 Å². The number of nitrogens with one attached hydrogen (secondary N) is 2. The van der Waals surface area contributed by atoms with Crippen LogP contribution < -0.4 is 15.4 Å². The smallest absolute Gasteiger partial charge is 0.191 e. The van der Waals surface area contributed by atoms with Crippen LogP contribution in [0.15, 0.2) is 59.6 Å². The average Bonchev–Trinajstić information content (AvgIpc) is 2.73. The van der Waals surface area contributed by atoms with Crippen molar-refractivity contribution >= 4 is 29.9 Å². The second kappa shape index (κ2) is 14.2. The van der Waals surface area contributed by atoms with Gasteiger partial charge in [0.1, 0.15) is 12.4 Å². The van der Waals surface area contributed by atoms with Crippen LogP contribution >= 0.6 is 24.0 Å². The summed E-state index contributed by atoms with van der Waals surface area (Å²) in [5, 5.41) is 6.71. The fourth-order valence-electron chi connectivity index (χ4n) is 2.80. The number of hydrogen-bond donors (Lipinski definition) is 2. The third-order valence-electron chi connectivity index (χ3n) is 4.50. The summed E-state index contributed by atoms with van der Waals surface area (Å²) in [4.78, 5) is 6.66. The van der Waals surface area contributed by atoms with Gasteiger partial charge in [0.05, 0.1) is 0 Å². The van der Waals surface area contributed by atoms with Crippen molar-refractivity contribution in [3.8, 4) is 5.75 Å². The van der Waals surface area contributed by atoms with Crippen molar-refractivity contribution in [2.45, 2.75) is 26.9 Å². The van der Waals surface area contributed by atoms with Crippen LogP contribution in [-0.4, -0.2) is 44.1 Å². The number of halogens is 1. The molecule has 0 spiro atoms. The molecule has 2 aromatic carbocycles. The SMILES string of the molecule is CCN(CC)CCOc1ccccc1CNC(=NC)NCc1ccccc1.I. The lowest BCUT2D eigenvalue weighted by Crippen LogP contribution is -2.36. The lowest BCUT2D eigenvalue weighted by Gasteiger charge is -2.19. The molecule has 0 saturated heterocycles. The van der Waals surface area contributed by atoms with Crippen LogP contribution in [0.2, 0.25) is 0 Å². The van der Waals surface area contributed by atoms with Crippen molar-refractivity contribution in [2.24, 2.45) is 4.99 Å². The van der Waals surface area contributed by atoms with Gasteiger partial charge < -0.3 is 20.3 Å². The molecule has 0 heterocycles. The molecule has 2 rings (SSSR count). The minimum atomic E-state index is 0. The largest absolute Gasteiger partial charge is 0.492 e. The van der Waals surface area contributed by atoms with E-state index in [1.54, 1.807) is 7.05 Å². The quantitative estimate of drug-likeness (QED) is 0.298. The first-order valence-electron chi connectivity index (χ1n) is 9.68. The first kappa shape index (κ1) is 24.2. The van der Waals surface area contributed by atoms with Gasteiger partial charge in [-0.2, -0.15) is 0 Å². The Kier molecular flexibility index (Phi) is 12.3. The maximum Gasteiger partial charge on any atom is 0.191 e. The molecule has 2 aromatic rings. The second-order valence-corrected chi connectivity index (χ2v) is 6.25. The number of benzene rings is 2. The van der Waals surface area contributed by atoms with E-state index in [0.717, 1.165) is 43.5 Å². The number of aliphatic imine (C=N–C) groups is 1. The topological polar surface area (TPSA) is 48.9 Å². The molecule has 0 bridgehead atoms. The maximum atomic E-state index is 6.02. The minimum absolute atomic E-state index is 0. The fraction of sp³-hybridized carbons (Fsp3) is 0.409. The minimum Gasteiger partial charge on any atom is -0.492 e. The summed E-state index contributed by atoms with van der Waals surface area (Å²) in [6.45, 7) is 9.48. The summed E-state index contributed by atoms with van der Waals surface area (Å²) in [5.74, 6) is 1.70. The van der Waals surface area contributed by atoms with Gasteiger partial charge in [0.2, 0.25) is 0 Å². The summed E-state index contributed by atoms with van der Waals surface area (Å²) in [6.07, 6.45) is 0. The van der Waals surface area contributed by atoms with E-state index in [0.29, 0.717) is 13.2 Å². The van der Waals surface area contributed by atoms with Gasteiger partial charge in [-0.05, 0) is 24.7 Å². The van der Waals surface area contributed by atoms with Crippen LogP contribution in [0.25, 0.3) is 0 Å². The van der Waals surface area contributed by atoms with Crippen LogP contribution in [0.4, 0.5) is 0 Å². The maximum absolute atomic E-state index is 6.02. The van der Waals surface area contributed by atoms with E-state index < -0.39 is 0 Å². The predicted octanol–water partition coefficient (Wildman–Crippen LogP) is 3.89.